The molecule has 162 valence electrons. The summed E-state index contributed by atoms with van der Waals surface area (Å²) in [7, 11) is 1.68. The summed E-state index contributed by atoms with van der Waals surface area (Å²) < 4.78 is 7.68. The molecular weight excluding hydrogens is 408 g/mol. The first kappa shape index (κ1) is 21.3. The Morgan fingerprint density at radius 3 is 2.71 bits per heavy atom. The highest BCUT2D eigenvalue weighted by Crippen LogP contribution is 2.41. The van der Waals surface area contributed by atoms with Crippen molar-refractivity contribution < 1.29 is 9.84 Å². The van der Waals surface area contributed by atoms with Crippen molar-refractivity contribution in [1.82, 2.24) is 19.8 Å². The highest BCUT2D eigenvalue weighted by molar-refractivity contribution is 7.80. The van der Waals surface area contributed by atoms with Crippen LogP contribution in [0.1, 0.15) is 41.1 Å². The molecule has 0 bridgehead atoms. The van der Waals surface area contributed by atoms with E-state index in [0.717, 1.165) is 28.5 Å². The van der Waals surface area contributed by atoms with Crippen LogP contribution in [0.3, 0.4) is 0 Å². The first-order chi connectivity index (χ1) is 15.0. The van der Waals surface area contributed by atoms with Crippen molar-refractivity contribution in [2.24, 2.45) is 0 Å². The van der Waals surface area contributed by atoms with Gasteiger partial charge in [-0.15, -0.1) is 0 Å². The minimum Gasteiger partial charge on any atom is -0.497 e. The summed E-state index contributed by atoms with van der Waals surface area (Å²) in [5, 5.41) is 13.6. The Balaban J connectivity index is 1.81. The highest BCUT2D eigenvalue weighted by atomic mass is 32.1. The summed E-state index contributed by atoms with van der Waals surface area (Å²) >= 11 is 5.70. The van der Waals surface area contributed by atoms with Crippen molar-refractivity contribution in [2.45, 2.75) is 32.4 Å². The van der Waals surface area contributed by atoms with Crippen molar-refractivity contribution >= 4 is 17.3 Å². The zero-order valence-corrected chi connectivity index (χ0v) is 18.9. The molecule has 31 heavy (non-hydrogen) atoms. The number of benzene rings is 1. The minimum atomic E-state index is -0.0633. The van der Waals surface area contributed by atoms with Crippen LogP contribution in [0.25, 0.3) is 5.69 Å². The Morgan fingerprint density at radius 2 is 2.00 bits per heavy atom. The monoisotopic (exact) mass is 436 g/mol. The number of rotatable bonds is 7. The second kappa shape index (κ2) is 9.08. The number of aromatic nitrogens is 2. The van der Waals surface area contributed by atoms with Gasteiger partial charge in [-0.1, -0.05) is 12.1 Å². The Bertz CT molecular complexity index is 1070. The molecule has 1 aromatic carbocycles. The Kier molecular flexibility index (Phi) is 6.25. The maximum atomic E-state index is 9.43. The van der Waals surface area contributed by atoms with E-state index in [1.807, 2.05) is 42.6 Å². The molecule has 0 radical (unpaired) electrons. The molecule has 0 spiro atoms. The lowest BCUT2D eigenvalue weighted by Gasteiger charge is -2.28. The SMILES string of the molecule is COc1cccc(-n2c(C)cc(C3C(c4ccccn4)NC(=S)N3CCCO)c2C)c1. The number of aryl methyl sites for hydroxylation is 1. The van der Waals surface area contributed by atoms with Gasteiger partial charge in [0.05, 0.1) is 24.9 Å². The minimum absolute atomic E-state index is 0.0143. The lowest BCUT2D eigenvalue weighted by Crippen LogP contribution is -2.31. The van der Waals surface area contributed by atoms with Crippen molar-refractivity contribution in [3.05, 3.63) is 77.4 Å². The molecule has 2 atom stereocenters. The number of nitrogens with one attached hydrogen (secondary N) is 1. The lowest BCUT2D eigenvalue weighted by molar-refractivity contribution is 0.247. The number of hydrogen-bond acceptors (Lipinski definition) is 4. The third-order valence-electron chi connectivity index (χ3n) is 5.86. The van der Waals surface area contributed by atoms with Crippen LogP contribution < -0.4 is 10.1 Å². The summed E-state index contributed by atoms with van der Waals surface area (Å²) in [4.78, 5) is 6.79. The zero-order valence-electron chi connectivity index (χ0n) is 18.1. The van der Waals surface area contributed by atoms with E-state index in [9.17, 15) is 5.11 Å². The topological polar surface area (TPSA) is 62.5 Å². The van der Waals surface area contributed by atoms with Crippen molar-refractivity contribution in [3.8, 4) is 11.4 Å². The van der Waals surface area contributed by atoms with Crippen molar-refractivity contribution in [2.75, 3.05) is 20.3 Å². The van der Waals surface area contributed by atoms with Crippen molar-refractivity contribution in [3.63, 3.8) is 0 Å². The summed E-state index contributed by atoms with van der Waals surface area (Å²) in [5.41, 5.74) is 5.50. The van der Waals surface area contributed by atoms with E-state index in [1.165, 1.54) is 5.56 Å². The zero-order chi connectivity index (χ0) is 22.0. The summed E-state index contributed by atoms with van der Waals surface area (Å²) in [6.45, 7) is 5.06. The van der Waals surface area contributed by atoms with Gasteiger partial charge in [-0.05, 0) is 68.4 Å². The molecule has 3 heterocycles. The molecular formula is C24H28N4O2S. The molecule has 1 aliphatic rings. The van der Waals surface area contributed by atoms with Gasteiger partial charge in [0.2, 0.25) is 0 Å². The van der Waals surface area contributed by atoms with E-state index in [-0.39, 0.29) is 18.7 Å². The fourth-order valence-electron chi connectivity index (χ4n) is 4.46. The van der Waals surface area contributed by atoms with E-state index >= 15 is 0 Å². The van der Waals surface area contributed by atoms with Gasteiger partial charge in [0.25, 0.3) is 0 Å². The molecule has 0 aliphatic carbocycles. The van der Waals surface area contributed by atoms with Crippen molar-refractivity contribution in [1.29, 1.82) is 0 Å². The van der Waals surface area contributed by atoms with Crippen LogP contribution >= 0.6 is 12.2 Å². The fourth-order valence-corrected chi connectivity index (χ4v) is 4.79. The first-order valence-corrected chi connectivity index (χ1v) is 10.9. The quantitative estimate of drug-likeness (QED) is 0.549. The Hall–Kier alpha value is -2.90. The van der Waals surface area contributed by atoms with E-state index in [1.54, 1.807) is 7.11 Å². The summed E-state index contributed by atoms with van der Waals surface area (Å²) in [6, 6.07) is 16.2. The molecule has 1 aliphatic heterocycles. The summed E-state index contributed by atoms with van der Waals surface area (Å²) in [6.07, 6.45) is 2.47. The third-order valence-corrected chi connectivity index (χ3v) is 6.21. The molecule has 4 rings (SSSR count). The Labute approximate surface area is 188 Å². The largest absolute Gasteiger partial charge is 0.497 e. The first-order valence-electron chi connectivity index (χ1n) is 10.5. The number of aliphatic hydroxyl groups excluding tert-OH is 1. The molecule has 2 aromatic heterocycles. The van der Waals surface area contributed by atoms with Crippen LogP contribution in [0.5, 0.6) is 5.75 Å². The van der Waals surface area contributed by atoms with Gasteiger partial charge >= 0.3 is 0 Å². The molecule has 1 saturated heterocycles. The molecule has 6 nitrogen and oxygen atoms in total. The number of ether oxygens (including phenoxy) is 1. The normalized spacial score (nSPS) is 18.3. The standard InChI is InChI=1S/C24H28N4O2S/c1-16-14-20(17(2)28(16)18-8-6-9-19(15-18)30-3)23-22(21-10-4-5-11-25-21)26-24(31)27(23)12-7-13-29/h4-6,8-11,14-15,22-23,29H,7,12-13H2,1-3H3,(H,26,31). The number of aliphatic hydroxyl groups is 1. The molecule has 2 unspecified atom stereocenters. The predicted molar refractivity (Wildman–Crippen MR) is 126 cm³/mol. The van der Waals surface area contributed by atoms with Gasteiger partial charge in [-0.2, -0.15) is 0 Å². The summed E-state index contributed by atoms with van der Waals surface area (Å²) in [5.74, 6) is 0.825. The van der Waals surface area contributed by atoms with Gasteiger partial charge in [0.15, 0.2) is 5.11 Å². The smallest absolute Gasteiger partial charge is 0.170 e. The maximum Gasteiger partial charge on any atom is 0.170 e. The van der Waals surface area contributed by atoms with Gasteiger partial charge in [-0.25, -0.2) is 0 Å². The number of methoxy groups -OCH3 is 1. The second-order valence-electron chi connectivity index (χ2n) is 7.76. The Morgan fingerprint density at radius 1 is 1.16 bits per heavy atom. The van der Waals surface area contributed by atoms with E-state index in [4.69, 9.17) is 17.0 Å². The fraction of sp³-hybridized carbons (Fsp3) is 0.333. The molecule has 0 amide bonds. The highest BCUT2D eigenvalue weighted by Gasteiger charge is 2.41. The van der Waals surface area contributed by atoms with Crippen LogP contribution in [0.15, 0.2) is 54.7 Å². The van der Waals surface area contributed by atoms with E-state index in [2.05, 4.69) is 45.7 Å². The van der Waals surface area contributed by atoms with Gasteiger partial charge in [0.1, 0.15) is 5.75 Å². The third kappa shape index (κ3) is 4.03. The number of thiocarbonyl (C=S) groups is 1. The molecule has 2 N–H and O–H groups in total. The lowest BCUT2D eigenvalue weighted by atomic mass is 9.96. The number of hydrogen-bond donors (Lipinski definition) is 2. The van der Waals surface area contributed by atoms with Crippen LogP contribution in [-0.4, -0.2) is 44.9 Å². The number of pyridine rings is 1. The molecule has 7 heteroatoms. The average molecular weight is 437 g/mol. The molecule has 0 saturated carbocycles. The average Bonchev–Trinajstić information content (AvgIpc) is 3.27. The van der Waals surface area contributed by atoms with Crippen LogP contribution in [0, 0.1) is 13.8 Å². The van der Waals surface area contributed by atoms with E-state index in [0.29, 0.717) is 18.1 Å². The predicted octanol–water partition coefficient (Wildman–Crippen LogP) is 3.85. The van der Waals surface area contributed by atoms with Gasteiger partial charge in [-0.3, -0.25) is 4.98 Å². The molecule has 3 aromatic rings. The second-order valence-corrected chi connectivity index (χ2v) is 8.15. The molecule has 1 fully saturated rings. The number of nitrogens with zero attached hydrogens (tertiary/aromatic N) is 3. The van der Waals surface area contributed by atoms with Crippen LogP contribution in [0.4, 0.5) is 0 Å². The van der Waals surface area contributed by atoms with Gasteiger partial charge in [0, 0.05) is 42.5 Å². The van der Waals surface area contributed by atoms with Gasteiger partial charge < -0.3 is 24.6 Å². The maximum absolute atomic E-state index is 9.43. The van der Waals surface area contributed by atoms with E-state index < -0.39 is 0 Å². The van der Waals surface area contributed by atoms with Crippen LogP contribution in [-0.2, 0) is 0 Å². The van der Waals surface area contributed by atoms with Crippen LogP contribution in [0.2, 0.25) is 0 Å².